The Kier molecular flexibility index (Phi) is 4.64. The summed E-state index contributed by atoms with van der Waals surface area (Å²) < 4.78 is 0. The van der Waals surface area contributed by atoms with Crippen molar-refractivity contribution in [1.82, 2.24) is 20.4 Å². The van der Waals surface area contributed by atoms with Gasteiger partial charge in [-0.15, -0.1) is 0 Å². The molecule has 0 saturated carbocycles. The number of rotatable bonds is 5. The molecule has 2 amide bonds. The predicted molar refractivity (Wildman–Crippen MR) is 112 cm³/mol. The van der Waals surface area contributed by atoms with Gasteiger partial charge < -0.3 is 16.0 Å². The van der Waals surface area contributed by atoms with Crippen LogP contribution >= 0.6 is 0 Å². The van der Waals surface area contributed by atoms with E-state index in [0.717, 1.165) is 27.8 Å². The van der Waals surface area contributed by atoms with Crippen LogP contribution in [0.4, 0.5) is 5.69 Å². The number of amides is 2. The van der Waals surface area contributed by atoms with E-state index in [2.05, 4.69) is 28.2 Å². The second-order valence-electron chi connectivity index (χ2n) is 6.97. The SMILES string of the molecule is C=C(CN1Cc2c(-c3cccc(-c4cn[nH]c4)c3)ccc(N)c2C1=O)C(=O)NC. The molecular weight excluding hydrogens is 366 g/mol. The normalized spacial score (nSPS) is 12.7. The van der Waals surface area contributed by atoms with Crippen molar-refractivity contribution in [3.05, 3.63) is 72.1 Å². The number of fused-ring (bicyclic) bond motifs is 1. The first kappa shape index (κ1) is 18.5. The van der Waals surface area contributed by atoms with Crippen LogP contribution in [0.15, 0.2) is 60.9 Å². The van der Waals surface area contributed by atoms with Crippen LogP contribution in [0.5, 0.6) is 0 Å². The van der Waals surface area contributed by atoms with Crippen molar-refractivity contribution < 1.29 is 9.59 Å². The summed E-state index contributed by atoms with van der Waals surface area (Å²) in [5, 5.41) is 9.36. The van der Waals surface area contributed by atoms with Gasteiger partial charge in [0.2, 0.25) is 5.91 Å². The van der Waals surface area contributed by atoms with Crippen molar-refractivity contribution in [3.63, 3.8) is 0 Å². The number of hydrogen-bond donors (Lipinski definition) is 3. The predicted octanol–water partition coefficient (Wildman–Crippen LogP) is 2.58. The molecule has 1 aliphatic heterocycles. The van der Waals surface area contributed by atoms with Crippen LogP contribution in [0.25, 0.3) is 22.3 Å². The van der Waals surface area contributed by atoms with Gasteiger partial charge in [-0.1, -0.05) is 30.8 Å². The molecule has 3 aromatic rings. The number of nitrogens with one attached hydrogen (secondary N) is 2. The highest BCUT2D eigenvalue weighted by Crippen LogP contribution is 2.37. The van der Waals surface area contributed by atoms with Gasteiger partial charge in [-0.3, -0.25) is 14.7 Å². The van der Waals surface area contributed by atoms with Gasteiger partial charge in [0.1, 0.15) is 0 Å². The molecule has 4 N–H and O–H groups in total. The van der Waals surface area contributed by atoms with Gasteiger partial charge in [-0.05, 0) is 34.4 Å². The maximum absolute atomic E-state index is 13.0. The van der Waals surface area contributed by atoms with Crippen LogP contribution in [0.2, 0.25) is 0 Å². The molecule has 0 radical (unpaired) electrons. The molecule has 2 aromatic carbocycles. The molecule has 4 rings (SSSR count). The first-order valence-corrected chi connectivity index (χ1v) is 9.19. The topological polar surface area (TPSA) is 104 Å². The van der Waals surface area contributed by atoms with Crippen molar-refractivity contribution in [2.24, 2.45) is 0 Å². The molecule has 0 aliphatic carbocycles. The van der Waals surface area contributed by atoms with Gasteiger partial charge >= 0.3 is 0 Å². The molecule has 0 fully saturated rings. The average Bonchev–Trinajstić information content (AvgIpc) is 3.37. The highest BCUT2D eigenvalue weighted by molar-refractivity contribution is 6.06. The highest BCUT2D eigenvalue weighted by Gasteiger charge is 2.32. The minimum atomic E-state index is -0.283. The molecule has 146 valence electrons. The van der Waals surface area contributed by atoms with Crippen molar-refractivity contribution in [2.45, 2.75) is 6.54 Å². The molecule has 0 atom stereocenters. The fourth-order valence-electron chi connectivity index (χ4n) is 3.66. The standard InChI is InChI=1S/C22H21N5O2/c1-13(21(28)24-2)11-27-12-18-17(6-7-19(23)20(18)22(27)29)15-5-3-4-14(8-15)16-9-25-26-10-16/h3-10H,1,11-12,23H2,2H3,(H,24,28)(H,25,26). The maximum atomic E-state index is 13.0. The Labute approximate surface area is 168 Å². The minimum Gasteiger partial charge on any atom is -0.398 e. The number of nitrogens with two attached hydrogens (primary N) is 1. The molecule has 0 unspecified atom stereocenters. The Hall–Kier alpha value is -3.87. The van der Waals surface area contributed by atoms with Crippen LogP contribution in [-0.4, -0.2) is 40.5 Å². The highest BCUT2D eigenvalue weighted by atomic mass is 16.2. The number of hydrogen-bond acceptors (Lipinski definition) is 4. The van der Waals surface area contributed by atoms with E-state index in [9.17, 15) is 9.59 Å². The number of nitrogen functional groups attached to an aromatic ring is 1. The summed E-state index contributed by atoms with van der Waals surface area (Å²) in [6.07, 6.45) is 3.60. The first-order valence-electron chi connectivity index (χ1n) is 9.19. The van der Waals surface area contributed by atoms with E-state index in [-0.39, 0.29) is 18.4 Å². The number of aromatic nitrogens is 2. The van der Waals surface area contributed by atoms with E-state index in [4.69, 9.17) is 5.73 Å². The van der Waals surface area contributed by atoms with Gasteiger partial charge in [0.15, 0.2) is 0 Å². The van der Waals surface area contributed by atoms with Crippen LogP contribution in [0, 0.1) is 0 Å². The summed E-state index contributed by atoms with van der Waals surface area (Å²) in [4.78, 5) is 26.4. The molecule has 7 heteroatoms. The summed E-state index contributed by atoms with van der Waals surface area (Å²) in [5.41, 5.74) is 12.2. The number of carbonyl (C=O) groups is 2. The third-order valence-corrected chi connectivity index (χ3v) is 5.13. The Morgan fingerprint density at radius 2 is 2.07 bits per heavy atom. The quantitative estimate of drug-likeness (QED) is 0.462. The van der Waals surface area contributed by atoms with Crippen LogP contribution in [0.1, 0.15) is 15.9 Å². The Balaban J connectivity index is 1.72. The van der Waals surface area contributed by atoms with Crippen molar-refractivity contribution in [1.29, 1.82) is 0 Å². The Morgan fingerprint density at radius 1 is 1.28 bits per heavy atom. The van der Waals surface area contributed by atoms with E-state index in [1.165, 1.54) is 7.05 Å². The number of benzene rings is 2. The van der Waals surface area contributed by atoms with Gasteiger partial charge in [0, 0.05) is 36.6 Å². The number of nitrogens with zero attached hydrogens (tertiary/aromatic N) is 2. The second kappa shape index (κ2) is 7.27. The minimum absolute atomic E-state index is 0.154. The number of likely N-dealkylation sites (N-methyl/N-ethyl adjacent to an activating group) is 1. The summed E-state index contributed by atoms with van der Waals surface area (Å²) in [6.45, 7) is 4.31. The van der Waals surface area contributed by atoms with E-state index in [0.29, 0.717) is 23.4 Å². The summed E-state index contributed by atoms with van der Waals surface area (Å²) in [7, 11) is 1.54. The van der Waals surface area contributed by atoms with E-state index >= 15 is 0 Å². The number of carbonyl (C=O) groups excluding carboxylic acids is 2. The summed E-state index contributed by atoms with van der Waals surface area (Å²) in [5.74, 6) is -0.467. The zero-order valence-corrected chi connectivity index (χ0v) is 16.0. The lowest BCUT2D eigenvalue weighted by Crippen LogP contribution is -2.31. The van der Waals surface area contributed by atoms with Crippen LogP contribution in [-0.2, 0) is 11.3 Å². The monoisotopic (exact) mass is 387 g/mol. The van der Waals surface area contributed by atoms with Gasteiger partial charge in [-0.25, -0.2) is 0 Å². The number of aromatic amines is 1. The van der Waals surface area contributed by atoms with Crippen molar-refractivity contribution >= 4 is 17.5 Å². The number of H-pyrrole nitrogens is 1. The third kappa shape index (κ3) is 3.27. The summed E-state index contributed by atoms with van der Waals surface area (Å²) in [6, 6.07) is 11.7. The third-order valence-electron chi connectivity index (χ3n) is 5.13. The van der Waals surface area contributed by atoms with E-state index in [1.54, 1.807) is 17.2 Å². The molecule has 1 aliphatic rings. The fraction of sp³-hybridized carbons (Fsp3) is 0.136. The smallest absolute Gasteiger partial charge is 0.256 e. The Bertz CT molecular complexity index is 1120. The van der Waals surface area contributed by atoms with E-state index < -0.39 is 0 Å². The lowest BCUT2D eigenvalue weighted by atomic mass is 9.94. The van der Waals surface area contributed by atoms with Crippen LogP contribution < -0.4 is 11.1 Å². The molecule has 2 heterocycles. The lowest BCUT2D eigenvalue weighted by Gasteiger charge is -2.16. The molecule has 0 bridgehead atoms. The number of anilines is 1. The van der Waals surface area contributed by atoms with Gasteiger partial charge in [0.05, 0.1) is 18.3 Å². The van der Waals surface area contributed by atoms with Crippen LogP contribution in [0.3, 0.4) is 0 Å². The fourth-order valence-corrected chi connectivity index (χ4v) is 3.66. The zero-order valence-electron chi connectivity index (χ0n) is 16.0. The Morgan fingerprint density at radius 3 is 2.79 bits per heavy atom. The maximum Gasteiger partial charge on any atom is 0.256 e. The van der Waals surface area contributed by atoms with Crippen molar-refractivity contribution in [3.8, 4) is 22.3 Å². The molecule has 29 heavy (non-hydrogen) atoms. The largest absolute Gasteiger partial charge is 0.398 e. The molecule has 1 aromatic heterocycles. The molecule has 0 spiro atoms. The molecule has 0 saturated heterocycles. The molecular formula is C22H21N5O2. The van der Waals surface area contributed by atoms with Gasteiger partial charge in [0.25, 0.3) is 5.91 Å². The first-order chi connectivity index (χ1) is 14.0. The zero-order chi connectivity index (χ0) is 20.5. The summed E-state index contributed by atoms with van der Waals surface area (Å²) >= 11 is 0. The molecule has 7 nitrogen and oxygen atoms in total. The lowest BCUT2D eigenvalue weighted by molar-refractivity contribution is -0.117. The van der Waals surface area contributed by atoms with E-state index in [1.807, 2.05) is 30.5 Å². The second-order valence-corrected chi connectivity index (χ2v) is 6.97. The van der Waals surface area contributed by atoms with Crippen molar-refractivity contribution in [2.75, 3.05) is 19.3 Å². The average molecular weight is 387 g/mol. The van der Waals surface area contributed by atoms with Gasteiger partial charge in [-0.2, -0.15) is 5.10 Å².